The number of halogens is 4. The van der Waals surface area contributed by atoms with Gasteiger partial charge in [-0.25, -0.2) is 0 Å². The fourth-order valence-corrected chi connectivity index (χ4v) is 2.92. The van der Waals surface area contributed by atoms with E-state index in [4.69, 9.17) is 0 Å². The van der Waals surface area contributed by atoms with E-state index in [1.807, 2.05) is 20.8 Å². The number of rotatable bonds is 7. The first-order chi connectivity index (χ1) is 12.5. The highest BCUT2D eigenvalue weighted by molar-refractivity contribution is 14.0. The van der Waals surface area contributed by atoms with E-state index < -0.39 is 18.1 Å². The molecule has 0 atom stereocenters. The van der Waals surface area contributed by atoms with Crippen LogP contribution >= 0.6 is 24.0 Å². The van der Waals surface area contributed by atoms with Crippen molar-refractivity contribution >= 4 is 35.8 Å². The molecule has 0 aromatic rings. The Morgan fingerprint density at radius 1 is 1.04 bits per heavy atom. The largest absolute Gasteiger partial charge is 0.401 e. The van der Waals surface area contributed by atoms with Crippen LogP contribution < -0.4 is 16.0 Å². The summed E-state index contributed by atoms with van der Waals surface area (Å²) in [6.07, 6.45) is -1.62. The molecule has 0 unspecified atom stereocenters. The summed E-state index contributed by atoms with van der Waals surface area (Å²) in [7, 11) is 1.68. The highest BCUT2D eigenvalue weighted by atomic mass is 127. The maximum atomic E-state index is 12.4. The quantitative estimate of drug-likeness (QED) is 0.209. The zero-order valence-electron chi connectivity index (χ0n) is 17.3. The molecule has 3 N–H and O–H groups in total. The van der Waals surface area contributed by atoms with E-state index in [-0.39, 0.29) is 29.9 Å². The minimum atomic E-state index is -4.11. The third-order valence-electron chi connectivity index (χ3n) is 4.56. The zero-order chi connectivity index (χ0) is 20.5. The molecular formula is C18H35F3IN5O. The molecule has 0 aromatic heterocycles. The Bertz CT molecular complexity index is 487. The van der Waals surface area contributed by atoms with Gasteiger partial charge in [-0.1, -0.05) is 20.8 Å². The lowest BCUT2D eigenvalue weighted by Gasteiger charge is -2.32. The third kappa shape index (κ3) is 11.9. The standard InChI is InChI=1S/C18H34F3N5O.HI/c1-17(2,3)15(27)23-9-10-25-16(22-4)24-8-5-14-6-11-26(12-7-14)13-18(19,20)21;/h14H,5-13H2,1-4H3,(H,23,27)(H2,22,24,25);1H. The second kappa shape index (κ2) is 12.7. The Kier molecular flexibility index (Phi) is 12.4. The van der Waals surface area contributed by atoms with Crippen LogP contribution in [0, 0.1) is 11.3 Å². The Morgan fingerprint density at radius 3 is 2.07 bits per heavy atom. The molecule has 1 amide bonds. The second-order valence-electron chi connectivity index (χ2n) is 8.06. The molecule has 1 heterocycles. The monoisotopic (exact) mass is 521 g/mol. The minimum Gasteiger partial charge on any atom is -0.356 e. The molecular weight excluding hydrogens is 486 g/mol. The van der Waals surface area contributed by atoms with Crippen LogP contribution in [0.2, 0.25) is 0 Å². The number of nitrogens with one attached hydrogen (secondary N) is 3. The van der Waals surface area contributed by atoms with Crippen molar-refractivity contribution in [2.75, 3.05) is 46.3 Å². The summed E-state index contributed by atoms with van der Waals surface area (Å²) in [4.78, 5) is 17.4. The fourth-order valence-electron chi connectivity index (χ4n) is 2.92. The number of hydrogen-bond acceptors (Lipinski definition) is 3. The van der Waals surface area contributed by atoms with Crippen molar-refractivity contribution < 1.29 is 18.0 Å². The van der Waals surface area contributed by atoms with Gasteiger partial charge in [-0.15, -0.1) is 24.0 Å². The lowest BCUT2D eigenvalue weighted by Crippen LogP contribution is -2.44. The third-order valence-corrected chi connectivity index (χ3v) is 4.56. The molecule has 0 saturated carbocycles. The maximum absolute atomic E-state index is 12.4. The van der Waals surface area contributed by atoms with Crippen LogP contribution in [0.4, 0.5) is 13.2 Å². The normalized spacial score (nSPS) is 17.0. The summed E-state index contributed by atoms with van der Waals surface area (Å²) in [5.74, 6) is 1.10. The van der Waals surface area contributed by atoms with E-state index in [2.05, 4.69) is 20.9 Å². The maximum Gasteiger partial charge on any atom is 0.401 e. The van der Waals surface area contributed by atoms with E-state index in [0.29, 0.717) is 38.1 Å². The number of piperidine rings is 1. The predicted octanol–water partition coefficient (Wildman–Crippen LogP) is 2.60. The van der Waals surface area contributed by atoms with E-state index >= 15 is 0 Å². The lowest BCUT2D eigenvalue weighted by atomic mass is 9.93. The molecule has 0 aliphatic carbocycles. The van der Waals surface area contributed by atoms with Crippen LogP contribution in [0.1, 0.15) is 40.0 Å². The molecule has 1 rings (SSSR count). The molecule has 10 heteroatoms. The lowest BCUT2D eigenvalue weighted by molar-refractivity contribution is -0.148. The average molecular weight is 521 g/mol. The van der Waals surface area contributed by atoms with Crippen molar-refractivity contribution in [3.63, 3.8) is 0 Å². The molecule has 1 fully saturated rings. The van der Waals surface area contributed by atoms with Gasteiger partial charge in [-0.3, -0.25) is 14.7 Å². The van der Waals surface area contributed by atoms with Gasteiger partial charge in [0.05, 0.1) is 6.54 Å². The van der Waals surface area contributed by atoms with Gasteiger partial charge in [0.2, 0.25) is 5.91 Å². The Balaban J connectivity index is 0.00000729. The molecule has 28 heavy (non-hydrogen) atoms. The van der Waals surface area contributed by atoms with E-state index in [0.717, 1.165) is 25.8 Å². The fraction of sp³-hybridized carbons (Fsp3) is 0.889. The van der Waals surface area contributed by atoms with Gasteiger partial charge in [0.1, 0.15) is 0 Å². The average Bonchev–Trinajstić information content (AvgIpc) is 2.56. The summed E-state index contributed by atoms with van der Waals surface area (Å²) in [5, 5.41) is 9.22. The SMILES string of the molecule is CN=C(NCCNC(=O)C(C)(C)C)NCCC1CCN(CC(F)(F)F)CC1.I. The molecule has 6 nitrogen and oxygen atoms in total. The number of nitrogens with zero attached hydrogens (tertiary/aromatic N) is 2. The topological polar surface area (TPSA) is 68.8 Å². The van der Waals surface area contributed by atoms with Gasteiger partial charge in [-0.05, 0) is 38.3 Å². The van der Waals surface area contributed by atoms with Crippen LogP contribution in [0.3, 0.4) is 0 Å². The van der Waals surface area contributed by atoms with Gasteiger partial charge in [0, 0.05) is 32.1 Å². The number of guanidine groups is 1. The van der Waals surface area contributed by atoms with Crippen molar-refractivity contribution in [3.05, 3.63) is 0 Å². The number of likely N-dealkylation sites (tertiary alicyclic amines) is 1. The van der Waals surface area contributed by atoms with Crippen molar-refractivity contribution in [1.29, 1.82) is 0 Å². The first-order valence-electron chi connectivity index (χ1n) is 9.53. The van der Waals surface area contributed by atoms with Gasteiger partial charge in [0.25, 0.3) is 0 Å². The smallest absolute Gasteiger partial charge is 0.356 e. The van der Waals surface area contributed by atoms with Gasteiger partial charge in [-0.2, -0.15) is 13.2 Å². The first kappa shape index (κ1) is 27.2. The molecule has 1 aliphatic heterocycles. The number of aliphatic imine (C=N–C) groups is 1. The van der Waals surface area contributed by atoms with Crippen molar-refractivity contribution in [1.82, 2.24) is 20.9 Å². The molecule has 0 aromatic carbocycles. The Hall–Kier alpha value is -0.780. The molecule has 0 radical (unpaired) electrons. The molecule has 0 spiro atoms. The van der Waals surface area contributed by atoms with Crippen LogP contribution in [0.25, 0.3) is 0 Å². The predicted molar refractivity (Wildman–Crippen MR) is 117 cm³/mol. The molecule has 1 aliphatic rings. The minimum absolute atomic E-state index is 0. The van der Waals surface area contributed by atoms with E-state index in [1.54, 1.807) is 7.05 Å². The molecule has 0 bridgehead atoms. The number of amides is 1. The van der Waals surface area contributed by atoms with Crippen molar-refractivity contribution in [2.24, 2.45) is 16.3 Å². The number of alkyl halides is 3. The van der Waals surface area contributed by atoms with Crippen LogP contribution in [-0.2, 0) is 4.79 Å². The molecule has 1 saturated heterocycles. The Labute approximate surface area is 183 Å². The van der Waals surface area contributed by atoms with Gasteiger partial charge < -0.3 is 16.0 Å². The van der Waals surface area contributed by atoms with E-state index in [1.165, 1.54) is 4.90 Å². The second-order valence-corrected chi connectivity index (χ2v) is 8.06. The van der Waals surface area contributed by atoms with Crippen molar-refractivity contribution in [2.45, 2.75) is 46.2 Å². The highest BCUT2D eigenvalue weighted by Crippen LogP contribution is 2.23. The summed E-state index contributed by atoms with van der Waals surface area (Å²) in [6.45, 7) is 7.59. The van der Waals surface area contributed by atoms with Crippen molar-refractivity contribution in [3.8, 4) is 0 Å². The zero-order valence-corrected chi connectivity index (χ0v) is 19.6. The summed E-state index contributed by atoms with van der Waals surface area (Å²) in [6, 6.07) is 0. The van der Waals surface area contributed by atoms with Crippen LogP contribution in [-0.4, -0.2) is 69.3 Å². The number of carbonyl (C=O) groups excluding carboxylic acids is 1. The van der Waals surface area contributed by atoms with Crippen LogP contribution in [0.5, 0.6) is 0 Å². The summed E-state index contributed by atoms with van der Waals surface area (Å²) >= 11 is 0. The number of hydrogen-bond donors (Lipinski definition) is 3. The van der Waals surface area contributed by atoms with Gasteiger partial charge >= 0.3 is 6.18 Å². The summed E-state index contributed by atoms with van der Waals surface area (Å²) < 4.78 is 37.2. The Morgan fingerprint density at radius 2 is 1.57 bits per heavy atom. The summed E-state index contributed by atoms with van der Waals surface area (Å²) in [5.41, 5.74) is -0.407. The highest BCUT2D eigenvalue weighted by Gasteiger charge is 2.32. The number of carbonyl (C=O) groups is 1. The molecule has 166 valence electrons. The van der Waals surface area contributed by atoms with Gasteiger partial charge in [0.15, 0.2) is 5.96 Å². The first-order valence-corrected chi connectivity index (χ1v) is 9.53. The van der Waals surface area contributed by atoms with E-state index in [9.17, 15) is 18.0 Å². The van der Waals surface area contributed by atoms with Crippen LogP contribution in [0.15, 0.2) is 4.99 Å².